The highest BCUT2D eigenvalue weighted by Gasteiger charge is 2.13. The van der Waals surface area contributed by atoms with Gasteiger partial charge in [0, 0.05) is 37.3 Å². The third-order valence-electron chi connectivity index (χ3n) is 3.97. The first-order chi connectivity index (χ1) is 11.1. The minimum absolute atomic E-state index is 0.0760. The molecule has 0 aliphatic carbocycles. The fraction of sp³-hybridized carbons (Fsp3) is 0.562. The fourth-order valence-corrected chi connectivity index (χ4v) is 2.63. The maximum atomic E-state index is 11.8. The molecule has 0 bridgehead atoms. The van der Waals surface area contributed by atoms with Gasteiger partial charge in [0.2, 0.25) is 5.91 Å². The van der Waals surface area contributed by atoms with Gasteiger partial charge < -0.3 is 16.0 Å². The Morgan fingerprint density at radius 1 is 1.35 bits per heavy atom. The van der Waals surface area contributed by atoms with E-state index < -0.39 is 4.92 Å². The number of nitrogens with zero attached hydrogens (tertiary/aromatic N) is 1. The number of nitro groups is 1. The van der Waals surface area contributed by atoms with Crippen LogP contribution in [0.15, 0.2) is 24.3 Å². The van der Waals surface area contributed by atoms with Gasteiger partial charge in [-0.15, -0.1) is 0 Å². The summed E-state index contributed by atoms with van der Waals surface area (Å²) in [7, 11) is 0. The monoisotopic (exact) mass is 320 g/mol. The SMILES string of the molecule is O=C(CCCNc1ccc([N+](=O)[O-])cc1)NCC1CCCNC1. The third-order valence-corrected chi connectivity index (χ3v) is 3.97. The molecule has 1 aromatic rings. The van der Waals surface area contributed by atoms with E-state index >= 15 is 0 Å². The molecule has 7 nitrogen and oxygen atoms in total. The molecule has 1 fully saturated rings. The van der Waals surface area contributed by atoms with E-state index in [9.17, 15) is 14.9 Å². The zero-order valence-corrected chi connectivity index (χ0v) is 13.2. The number of hydrogen-bond acceptors (Lipinski definition) is 5. The number of nitro benzene ring substituents is 1. The number of anilines is 1. The van der Waals surface area contributed by atoms with Crippen LogP contribution in [0.2, 0.25) is 0 Å². The molecule has 3 N–H and O–H groups in total. The Bertz CT molecular complexity index is 513. The van der Waals surface area contributed by atoms with Crippen LogP contribution in [-0.2, 0) is 4.79 Å². The van der Waals surface area contributed by atoms with Crippen molar-refractivity contribution in [1.82, 2.24) is 10.6 Å². The second-order valence-electron chi connectivity index (χ2n) is 5.85. The van der Waals surface area contributed by atoms with Crippen molar-refractivity contribution in [3.05, 3.63) is 34.4 Å². The summed E-state index contributed by atoms with van der Waals surface area (Å²) in [6.45, 7) is 3.48. The summed E-state index contributed by atoms with van der Waals surface area (Å²) in [5.41, 5.74) is 0.899. The summed E-state index contributed by atoms with van der Waals surface area (Å²) in [6.07, 6.45) is 3.57. The van der Waals surface area contributed by atoms with Gasteiger partial charge in [-0.2, -0.15) is 0 Å². The van der Waals surface area contributed by atoms with Gasteiger partial charge in [0.25, 0.3) is 5.69 Å². The van der Waals surface area contributed by atoms with Crippen molar-refractivity contribution in [2.45, 2.75) is 25.7 Å². The highest BCUT2D eigenvalue weighted by atomic mass is 16.6. The molecule has 0 radical (unpaired) electrons. The van der Waals surface area contributed by atoms with E-state index in [2.05, 4.69) is 16.0 Å². The van der Waals surface area contributed by atoms with Crippen LogP contribution in [0.3, 0.4) is 0 Å². The second-order valence-corrected chi connectivity index (χ2v) is 5.85. The molecule has 23 heavy (non-hydrogen) atoms. The molecule has 0 saturated carbocycles. The van der Waals surface area contributed by atoms with Gasteiger partial charge in [0.1, 0.15) is 0 Å². The van der Waals surface area contributed by atoms with Gasteiger partial charge in [-0.1, -0.05) is 0 Å². The Balaban J connectivity index is 1.57. The number of hydrogen-bond donors (Lipinski definition) is 3. The number of amides is 1. The normalized spacial score (nSPS) is 17.5. The molecule has 1 aromatic carbocycles. The highest BCUT2D eigenvalue weighted by Crippen LogP contribution is 2.15. The first-order valence-corrected chi connectivity index (χ1v) is 8.11. The number of piperidine rings is 1. The van der Waals surface area contributed by atoms with Crippen molar-refractivity contribution in [3.8, 4) is 0 Å². The van der Waals surface area contributed by atoms with E-state index in [1.54, 1.807) is 12.1 Å². The van der Waals surface area contributed by atoms with Crippen LogP contribution in [-0.4, -0.2) is 37.0 Å². The molecule has 0 aromatic heterocycles. The smallest absolute Gasteiger partial charge is 0.269 e. The van der Waals surface area contributed by atoms with Gasteiger partial charge in [-0.05, 0) is 50.4 Å². The topological polar surface area (TPSA) is 96.3 Å². The van der Waals surface area contributed by atoms with Gasteiger partial charge in [-0.3, -0.25) is 14.9 Å². The van der Waals surface area contributed by atoms with Crippen molar-refractivity contribution in [3.63, 3.8) is 0 Å². The van der Waals surface area contributed by atoms with Crippen LogP contribution in [0.1, 0.15) is 25.7 Å². The van der Waals surface area contributed by atoms with Crippen molar-refractivity contribution in [2.24, 2.45) is 5.92 Å². The Kier molecular flexibility index (Phi) is 6.80. The van der Waals surface area contributed by atoms with Crippen molar-refractivity contribution in [2.75, 3.05) is 31.5 Å². The van der Waals surface area contributed by atoms with E-state index in [1.807, 2.05) is 0 Å². The van der Waals surface area contributed by atoms with E-state index in [0.29, 0.717) is 18.9 Å². The number of nitrogens with one attached hydrogen (secondary N) is 3. The third kappa shape index (κ3) is 6.23. The summed E-state index contributed by atoms with van der Waals surface area (Å²) in [5.74, 6) is 0.631. The molecule has 1 saturated heterocycles. The lowest BCUT2D eigenvalue weighted by Crippen LogP contribution is -2.38. The number of carbonyl (C=O) groups excluding carboxylic acids is 1. The van der Waals surface area contributed by atoms with Crippen molar-refractivity contribution < 1.29 is 9.72 Å². The van der Waals surface area contributed by atoms with Gasteiger partial charge >= 0.3 is 0 Å². The quantitative estimate of drug-likeness (QED) is 0.386. The Labute approximate surface area is 136 Å². The Hall–Kier alpha value is -2.15. The first kappa shape index (κ1) is 17.2. The lowest BCUT2D eigenvalue weighted by molar-refractivity contribution is -0.384. The van der Waals surface area contributed by atoms with E-state index in [1.165, 1.54) is 25.0 Å². The Morgan fingerprint density at radius 2 is 2.13 bits per heavy atom. The van der Waals surface area contributed by atoms with Gasteiger partial charge in [0.15, 0.2) is 0 Å². The second kappa shape index (κ2) is 9.09. The van der Waals surface area contributed by atoms with Gasteiger partial charge in [-0.25, -0.2) is 0 Å². The molecule has 2 rings (SSSR count). The van der Waals surface area contributed by atoms with Crippen LogP contribution in [0.4, 0.5) is 11.4 Å². The number of rotatable bonds is 8. The molecule has 1 amide bonds. The highest BCUT2D eigenvalue weighted by molar-refractivity contribution is 5.75. The standard InChI is InChI=1S/C16H24N4O3/c21-16(19-12-13-3-1-9-17-11-13)4-2-10-18-14-5-7-15(8-6-14)20(22)23/h5-8,13,17-18H,1-4,9-12H2,(H,19,21). The Morgan fingerprint density at radius 3 is 2.78 bits per heavy atom. The maximum Gasteiger partial charge on any atom is 0.269 e. The minimum Gasteiger partial charge on any atom is -0.385 e. The summed E-state index contributed by atoms with van der Waals surface area (Å²) >= 11 is 0. The number of carbonyl (C=O) groups is 1. The zero-order chi connectivity index (χ0) is 16.5. The lowest BCUT2D eigenvalue weighted by Gasteiger charge is -2.22. The molecular weight excluding hydrogens is 296 g/mol. The van der Waals surface area contributed by atoms with Crippen molar-refractivity contribution in [1.29, 1.82) is 0 Å². The maximum absolute atomic E-state index is 11.8. The molecule has 1 unspecified atom stereocenters. The number of non-ortho nitro benzene ring substituents is 1. The average molecular weight is 320 g/mol. The molecule has 1 heterocycles. The summed E-state index contributed by atoms with van der Waals surface area (Å²) < 4.78 is 0. The lowest BCUT2D eigenvalue weighted by atomic mass is 10.00. The summed E-state index contributed by atoms with van der Waals surface area (Å²) in [4.78, 5) is 21.9. The minimum atomic E-state index is -0.421. The molecule has 1 aliphatic rings. The van der Waals surface area contributed by atoms with E-state index in [-0.39, 0.29) is 11.6 Å². The largest absolute Gasteiger partial charge is 0.385 e. The van der Waals surface area contributed by atoms with Crippen LogP contribution >= 0.6 is 0 Å². The van der Waals surface area contributed by atoms with Crippen LogP contribution in [0.25, 0.3) is 0 Å². The average Bonchev–Trinajstić information content (AvgIpc) is 2.58. The number of benzene rings is 1. The van der Waals surface area contributed by atoms with Crippen molar-refractivity contribution >= 4 is 17.3 Å². The van der Waals surface area contributed by atoms with Gasteiger partial charge in [0.05, 0.1) is 4.92 Å². The fourth-order valence-electron chi connectivity index (χ4n) is 2.63. The van der Waals surface area contributed by atoms with Crippen LogP contribution in [0, 0.1) is 16.0 Å². The molecule has 126 valence electrons. The molecule has 7 heteroatoms. The van der Waals surface area contributed by atoms with Crippen LogP contribution < -0.4 is 16.0 Å². The predicted molar refractivity (Wildman–Crippen MR) is 89.4 cm³/mol. The predicted octanol–water partition coefficient (Wildman–Crippen LogP) is 1.90. The van der Waals surface area contributed by atoms with E-state index in [4.69, 9.17) is 0 Å². The summed E-state index contributed by atoms with van der Waals surface area (Å²) in [6, 6.07) is 6.28. The molecule has 1 aliphatic heterocycles. The molecule has 0 spiro atoms. The summed E-state index contributed by atoms with van der Waals surface area (Å²) in [5, 5.41) is 20.0. The van der Waals surface area contributed by atoms with E-state index in [0.717, 1.165) is 31.7 Å². The van der Waals surface area contributed by atoms with Crippen LogP contribution in [0.5, 0.6) is 0 Å². The first-order valence-electron chi connectivity index (χ1n) is 8.11. The zero-order valence-electron chi connectivity index (χ0n) is 13.2. The molecular formula is C16H24N4O3. The molecule has 1 atom stereocenters.